The number of hydrogen-bond donors (Lipinski definition) is 1. The van der Waals surface area contributed by atoms with Crippen molar-refractivity contribution in [2.75, 3.05) is 26.2 Å². The molecule has 1 aliphatic rings. The summed E-state index contributed by atoms with van der Waals surface area (Å²) in [6.45, 7) is 1.60. The maximum absolute atomic E-state index is 12.6. The summed E-state index contributed by atoms with van der Waals surface area (Å²) in [5.41, 5.74) is 0.685. The third-order valence-electron chi connectivity index (χ3n) is 3.99. The summed E-state index contributed by atoms with van der Waals surface area (Å²) >= 11 is 23.8. The second kappa shape index (κ2) is 7.46. The van der Waals surface area contributed by atoms with Crippen LogP contribution in [0, 0.1) is 0 Å². The zero-order chi connectivity index (χ0) is 18.1. The molecule has 0 aliphatic carbocycles. The van der Waals surface area contributed by atoms with E-state index in [1.165, 1.54) is 6.07 Å². The lowest BCUT2D eigenvalue weighted by molar-refractivity contribution is 0.0533. The summed E-state index contributed by atoms with van der Waals surface area (Å²) in [7, 11) is 0. The van der Waals surface area contributed by atoms with Crippen LogP contribution in [0.5, 0.6) is 0 Å². The minimum atomic E-state index is -0.207. The van der Waals surface area contributed by atoms with Gasteiger partial charge in [-0.25, -0.2) is 0 Å². The smallest absolute Gasteiger partial charge is 0.270 e. The highest BCUT2D eigenvalue weighted by Crippen LogP contribution is 2.27. The highest BCUT2D eigenvalue weighted by molar-refractivity contribution is 6.44. The van der Waals surface area contributed by atoms with Crippen LogP contribution in [0.3, 0.4) is 0 Å². The number of carbonyl (C=O) groups excluding carboxylic acids is 2. The van der Waals surface area contributed by atoms with Gasteiger partial charge in [0.1, 0.15) is 10.8 Å². The number of nitrogens with one attached hydrogen (secondary N) is 1. The lowest BCUT2D eigenvalue weighted by Gasteiger charge is -2.34. The quantitative estimate of drug-likeness (QED) is 0.790. The number of rotatable bonds is 2. The van der Waals surface area contributed by atoms with Crippen LogP contribution in [0.15, 0.2) is 24.3 Å². The van der Waals surface area contributed by atoms with Crippen LogP contribution in [0.2, 0.25) is 20.2 Å². The number of halogens is 4. The zero-order valence-corrected chi connectivity index (χ0v) is 15.9. The molecule has 132 valence electrons. The lowest BCUT2D eigenvalue weighted by atomic mass is 10.1. The molecule has 0 bridgehead atoms. The Morgan fingerprint density at radius 1 is 0.880 bits per heavy atom. The third-order valence-corrected chi connectivity index (χ3v) is 5.50. The predicted molar refractivity (Wildman–Crippen MR) is 99.1 cm³/mol. The van der Waals surface area contributed by atoms with Crippen LogP contribution in [0.25, 0.3) is 0 Å². The van der Waals surface area contributed by atoms with E-state index in [9.17, 15) is 9.59 Å². The third kappa shape index (κ3) is 3.75. The number of nitrogens with zero attached hydrogens (tertiary/aromatic N) is 2. The summed E-state index contributed by atoms with van der Waals surface area (Å²) in [6, 6.07) is 6.44. The van der Waals surface area contributed by atoms with Gasteiger partial charge in [0.15, 0.2) is 0 Å². The number of H-pyrrole nitrogens is 1. The Hall–Kier alpha value is -1.40. The second-order valence-electron chi connectivity index (χ2n) is 5.53. The van der Waals surface area contributed by atoms with Gasteiger partial charge in [0.05, 0.1) is 20.6 Å². The van der Waals surface area contributed by atoms with E-state index in [0.29, 0.717) is 47.5 Å². The molecule has 9 heteroatoms. The van der Waals surface area contributed by atoms with Gasteiger partial charge in [-0.3, -0.25) is 9.59 Å². The maximum atomic E-state index is 12.6. The van der Waals surface area contributed by atoms with Gasteiger partial charge in [-0.1, -0.05) is 52.5 Å². The number of aromatic nitrogens is 1. The van der Waals surface area contributed by atoms with Crippen molar-refractivity contribution in [3.05, 3.63) is 55.7 Å². The van der Waals surface area contributed by atoms with Crippen molar-refractivity contribution >= 4 is 58.2 Å². The lowest BCUT2D eigenvalue weighted by Crippen LogP contribution is -2.50. The van der Waals surface area contributed by atoms with Crippen molar-refractivity contribution in [2.24, 2.45) is 0 Å². The summed E-state index contributed by atoms with van der Waals surface area (Å²) in [5.74, 6) is -0.410. The van der Waals surface area contributed by atoms with E-state index < -0.39 is 0 Å². The van der Waals surface area contributed by atoms with Crippen LogP contribution >= 0.6 is 46.4 Å². The van der Waals surface area contributed by atoms with Gasteiger partial charge < -0.3 is 14.8 Å². The van der Waals surface area contributed by atoms with E-state index >= 15 is 0 Å². The Kier molecular flexibility index (Phi) is 5.49. The molecule has 1 aromatic heterocycles. The topological polar surface area (TPSA) is 56.4 Å². The minimum absolute atomic E-state index is 0.203. The van der Waals surface area contributed by atoms with E-state index in [1.54, 1.807) is 28.0 Å². The molecule has 1 aromatic carbocycles. The predicted octanol–water partition coefficient (Wildman–Crippen LogP) is 4.23. The van der Waals surface area contributed by atoms with E-state index in [1.807, 2.05) is 0 Å². The van der Waals surface area contributed by atoms with E-state index in [-0.39, 0.29) is 22.0 Å². The van der Waals surface area contributed by atoms with E-state index in [4.69, 9.17) is 46.4 Å². The zero-order valence-electron chi connectivity index (χ0n) is 12.9. The molecule has 2 amide bonds. The van der Waals surface area contributed by atoms with Crippen LogP contribution < -0.4 is 0 Å². The second-order valence-corrected chi connectivity index (χ2v) is 7.10. The fourth-order valence-electron chi connectivity index (χ4n) is 2.64. The van der Waals surface area contributed by atoms with Gasteiger partial charge in [-0.15, -0.1) is 0 Å². The number of hydrogen-bond acceptors (Lipinski definition) is 2. The molecular weight excluding hydrogens is 408 g/mol. The highest BCUT2D eigenvalue weighted by atomic mass is 35.5. The molecule has 1 N–H and O–H groups in total. The first kappa shape index (κ1) is 18.4. The molecule has 5 nitrogen and oxygen atoms in total. The number of amides is 2. The normalized spacial score (nSPS) is 14.7. The fraction of sp³-hybridized carbons (Fsp3) is 0.250. The largest absolute Gasteiger partial charge is 0.340 e. The molecule has 0 radical (unpaired) electrons. The van der Waals surface area contributed by atoms with E-state index in [2.05, 4.69) is 4.98 Å². The summed E-state index contributed by atoms with van der Waals surface area (Å²) in [5, 5.41) is 1.11. The number of benzene rings is 1. The first-order valence-corrected chi connectivity index (χ1v) is 8.96. The Morgan fingerprint density at radius 2 is 1.48 bits per heavy atom. The molecule has 0 atom stereocenters. The van der Waals surface area contributed by atoms with Crippen molar-refractivity contribution in [1.82, 2.24) is 14.8 Å². The fourth-order valence-corrected chi connectivity index (χ4v) is 3.34. The molecule has 1 saturated heterocycles. The number of aromatic amines is 1. The molecule has 0 spiro atoms. The first-order chi connectivity index (χ1) is 11.9. The monoisotopic (exact) mass is 419 g/mol. The van der Waals surface area contributed by atoms with Crippen molar-refractivity contribution < 1.29 is 9.59 Å². The SMILES string of the molecule is O=C(c1cc(Cl)c(Cl)[nH]1)N1CCN(C(=O)c2cccc(Cl)c2Cl)CC1. The van der Waals surface area contributed by atoms with Crippen molar-refractivity contribution in [2.45, 2.75) is 0 Å². The Bertz CT molecular complexity index is 809. The first-order valence-electron chi connectivity index (χ1n) is 7.45. The molecule has 3 rings (SSSR count). The summed E-state index contributed by atoms with van der Waals surface area (Å²) < 4.78 is 0. The summed E-state index contributed by atoms with van der Waals surface area (Å²) in [4.78, 5) is 31.1. The Balaban J connectivity index is 1.66. The number of piperazine rings is 1. The average molecular weight is 421 g/mol. The molecular formula is C16H13Cl4N3O2. The van der Waals surface area contributed by atoms with Gasteiger partial charge >= 0.3 is 0 Å². The van der Waals surface area contributed by atoms with Crippen molar-refractivity contribution in [1.29, 1.82) is 0 Å². The van der Waals surface area contributed by atoms with Crippen LogP contribution in [0.1, 0.15) is 20.8 Å². The molecule has 0 unspecified atom stereocenters. The van der Waals surface area contributed by atoms with Gasteiger partial charge in [-0.2, -0.15) is 0 Å². The van der Waals surface area contributed by atoms with Gasteiger partial charge in [-0.05, 0) is 18.2 Å². The maximum Gasteiger partial charge on any atom is 0.270 e. The Labute approximate surface area is 164 Å². The van der Waals surface area contributed by atoms with Crippen LogP contribution in [0.4, 0.5) is 0 Å². The molecule has 2 aromatic rings. The highest BCUT2D eigenvalue weighted by Gasteiger charge is 2.27. The standard InChI is InChI=1S/C16H13Cl4N3O2/c17-10-3-1-2-9(13(10)19)15(24)22-4-6-23(7-5-22)16(25)12-8-11(18)14(20)21-12/h1-3,8,21H,4-7H2. The molecule has 1 aliphatic heterocycles. The molecule has 1 fully saturated rings. The molecule has 2 heterocycles. The average Bonchev–Trinajstić information content (AvgIpc) is 2.95. The van der Waals surface area contributed by atoms with Gasteiger partial charge in [0, 0.05) is 26.2 Å². The van der Waals surface area contributed by atoms with Gasteiger partial charge in [0.25, 0.3) is 11.8 Å². The molecule has 25 heavy (non-hydrogen) atoms. The molecule has 0 saturated carbocycles. The Morgan fingerprint density at radius 3 is 2.04 bits per heavy atom. The van der Waals surface area contributed by atoms with E-state index in [0.717, 1.165) is 0 Å². The van der Waals surface area contributed by atoms with Crippen molar-refractivity contribution in [3.63, 3.8) is 0 Å². The van der Waals surface area contributed by atoms with Crippen molar-refractivity contribution in [3.8, 4) is 0 Å². The number of carbonyl (C=O) groups is 2. The van der Waals surface area contributed by atoms with Gasteiger partial charge in [0.2, 0.25) is 0 Å². The summed E-state index contributed by atoms with van der Waals surface area (Å²) in [6.07, 6.45) is 0. The minimum Gasteiger partial charge on any atom is -0.340 e. The van der Waals surface area contributed by atoms with Crippen LogP contribution in [-0.4, -0.2) is 52.8 Å². The van der Waals surface area contributed by atoms with Crippen LogP contribution in [-0.2, 0) is 0 Å².